The summed E-state index contributed by atoms with van der Waals surface area (Å²) < 4.78 is 0. The molecule has 5 heteroatoms. The third-order valence-corrected chi connectivity index (χ3v) is 6.32. The number of piperazine rings is 1. The lowest BCUT2D eigenvalue weighted by Crippen LogP contribution is -2.48. The van der Waals surface area contributed by atoms with Crippen LogP contribution in [0.3, 0.4) is 0 Å². The highest BCUT2D eigenvalue weighted by Gasteiger charge is 2.25. The van der Waals surface area contributed by atoms with Crippen LogP contribution in [0, 0.1) is 6.92 Å². The minimum absolute atomic E-state index is 0.127. The second kappa shape index (κ2) is 8.85. The molecule has 2 aromatic rings. The van der Waals surface area contributed by atoms with E-state index in [1.807, 2.05) is 17.0 Å². The van der Waals surface area contributed by atoms with Crippen molar-refractivity contribution in [2.75, 3.05) is 42.5 Å². The summed E-state index contributed by atoms with van der Waals surface area (Å²) in [4.78, 5) is 24.5. The summed E-state index contributed by atoms with van der Waals surface area (Å²) >= 11 is 0. The molecule has 1 atom stereocenters. The standard InChI is InChI=1S/C24H32N4O/c1-3-21-8-4-5-12-28(21)23-18-20(10-11-25-23)24(29)27-15-13-26(14-16-27)22-9-6-7-19(2)17-22/h6-7,9-11,17-18,21H,3-5,8,12-16H2,1-2H3. The molecule has 4 rings (SSSR count). The second-order valence-electron chi connectivity index (χ2n) is 8.27. The first-order valence-corrected chi connectivity index (χ1v) is 11.0. The normalized spacial score (nSPS) is 20.1. The molecule has 2 aliphatic heterocycles. The molecule has 1 aromatic heterocycles. The quantitative estimate of drug-likeness (QED) is 0.785. The Kier molecular flexibility index (Phi) is 6.02. The van der Waals surface area contributed by atoms with Crippen LogP contribution in [0.4, 0.5) is 11.5 Å². The highest BCUT2D eigenvalue weighted by molar-refractivity contribution is 5.95. The number of hydrogen-bond acceptors (Lipinski definition) is 4. The van der Waals surface area contributed by atoms with Gasteiger partial charge in [0, 0.05) is 56.2 Å². The summed E-state index contributed by atoms with van der Waals surface area (Å²) in [5, 5.41) is 0. The van der Waals surface area contributed by atoms with Gasteiger partial charge in [-0.2, -0.15) is 0 Å². The Bertz CT molecular complexity index is 844. The third kappa shape index (κ3) is 4.39. The van der Waals surface area contributed by atoms with Crippen molar-refractivity contribution in [1.82, 2.24) is 9.88 Å². The van der Waals surface area contributed by atoms with Gasteiger partial charge in [-0.1, -0.05) is 19.1 Å². The van der Waals surface area contributed by atoms with Crippen LogP contribution in [0.1, 0.15) is 48.5 Å². The van der Waals surface area contributed by atoms with Crippen LogP contribution in [0.25, 0.3) is 0 Å². The van der Waals surface area contributed by atoms with Gasteiger partial charge in [-0.3, -0.25) is 4.79 Å². The van der Waals surface area contributed by atoms with Crippen molar-refractivity contribution in [1.29, 1.82) is 0 Å². The fourth-order valence-electron chi connectivity index (χ4n) is 4.61. The van der Waals surface area contributed by atoms with E-state index in [0.29, 0.717) is 6.04 Å². The zero-order valence-corrected chi connectivity index (χ0v) is 17.7. The molecule has 0 radical (unpaired) electrons. The first kappa shape index (κ1) is 19.7. The first-order valence-electron chi connectivity index (χ1n) is 11.0. The van der Waals surface area contributed by atoms with Crippen molar-refractivity contribution in [3.63, 3.8) is 0 Å². The van der Waals surface area contributed by atoms with Crippen LogP contribution in [0.15, 0.2) is 42.6 Å². The molecule has 0 N–H and O–H groups in total. The SMILES string of the molecule is CCC1CCCCN1c1cc(C(=O)N2CCN(c3cccc(C)c3)CC2)ccn1. The Morgan fingerprint density at radius 3 is 2.66 bits per heavy atom. The van der Waals surface area contributed by atoms with Gasteiger partial charge in [0.2, 0.25) is 0 Å². The zero-order valence-electron chi connectivity index (χ0n) is 17.7. The maximum atomic E-state index is 13.1. The summed E-state index contributed by atoms with van der Waals surface area (Å²) in [6.07, 6.45) is 6.64. The highest BCUT2D eigenvalue weighted by atomic mass is 16.2. The molecule has 0 spiro atoms. The topological polar surface area (TPSA) is 39.7 Å². The number of carbonyl (C=O) groups is 1. The minimum atomic E-state index is 0.127. The van der Waals surface area contributed by atoms with Gasteiger partial charge >= 0.3 is 0 Å². The molecule has 1 unspecified atom stereocenters. The van der Waals surface area contributed by atoms with Crippen LogP contribution in [0.2, 0.25) is 0 Å². The zero-order chi connectivity index (χ0) is 20.2. The van der Waals surface area contributed by atoms with Crippen LogP contribution >= 0.6 is 0 Å². The van der Waals surface area contributed by atoms with E-state index in [-0.39, 0.29) is 5.91 Å². The Morgan fingerprint density at radius 1 is 1.07 bits per heavy atom. The monoisotopic (exact) mass is 392 g/mol. The van der Waals surface area contributed by atoms with Crippen molar-refractivity contribution in [3.05, 3.63) is 53.7 Å². The van der Waals surface area contributed by atoms with Gasteiger partial charge in [0.25, 0.3) is 5.91 Å². The molecule has 2 saturated heterocycles. The summed E-state index contributed by atoms with van der Waals surface area (Å²) in [5.41, 5.74) is 3.28. The average Bonchev–Trinajstić information content (AvgIpc) is 2.79. The summed E-state index contributed by atoms with van der Waals surface area (Å²) in [6, 6.07) is 13.0. The number of nitrogens with zero attached hydrogens (tertiary/aromatic N) is 4. The van der Waals surface area contributed by atoms with Crippen molar-refractivity contribution in [2.24, 2.45) is 0 Å². The van der Waals surface area contributed by atoms with Crippen molar-refractivity contribution >= 4 is 17.4 Å². The van der Waals surface area contributed by atoms with Crippen molar-refractivity contribution < 1.29 is 4.79 Å². The summed E-state index contributed by atoms with van der Waals surface area (Å²) in [5.74, 6) is 1.09. The molecule has 154 valence electrons. The molecule has 0 saturated carbocycles. The molecule has 5 nitrogen and oxygen atoms in total. The van der Waals surface area contributed by atoms with Crippen molar-refractivity contribution in [2.45, 2.75) is 45.6 Å². The Hall–Kier alpha value is -2.56. The molecule has 29 heavy (non-hydrogen) atoms. The Morgan fingerprint density at radius 2 is 1.90 bits per heavy atom. The summed E-state index contributed by atoms with van der Waals surface area (Å²) in [7, 11) is 0. The Labute approximate surface area is 174 Å². The molecule has 2 fully saturated rings. The maximum Gasteiger partial charge on any atom is 0.254 e. The second-order valence-corrected chi connectivity index (χ2v) is 8.27. The summed E-state index contributed by atoms with van der Waals surface area (Å²) in [6.45, 7) is 8.66. The van der Waals surface area contributed by atoms with E-state index in [4.69, 9.17) is 0 Å². The predicted octanol–water partition coefficient (Wildman–Crippen LogP) is 4.12. The molecular formula is C24H32N4O. The lowest BCUT2D eigenvalue weighted by molar-refractivity contribution is 0.0746. The minimum Gasteiger partial charge on any atom is -0.368 e. The predicted molar refractivity (Wildman–Crippen MR) is 119 cm³/mol. The molecule has 1 aromatic carbocycles. The highest BCUT2D eigenvalue weighted by Crippen LogP contribution is 2.26. The molecule has 1 amide bonds. The van der Waals surface area contributed by atoms with Gasteiger partial charge in [-0.15, -0.1) is 0 Å². The van der Waals surface area contributed by atoms with E-state index < -0.39 is 0 Å². The number of anilines is 2. The van der Waals surface area contributed by atoms with E-state index in [1.165, 1.54) is 30.5 Å². The number of aryl methyl sites for hydroxylation is 1. The van der Waals surface area contributed by atoms with Crippen molar-refractivity contribution in [3.8, 4) is 0 Å². The van der Waals surface area contributed by atoms with E-state index >= 15 is 0 Å². The number of hydrogen-bond donors (Lipinski definition) is 0. The number of benzene rings is 1. The lowest BCUT2D eigenvalue weighted by atomic mass is 10.00. The van der Waals surface area contributed by atoms with E-state index in [0.717, 1.165) is 50.5 Å². The lowest BCUT2D eigenvalue weighted by Gasteiger charge is -2.37. The van der Waals surface area contributed by atoms with Gasteiger partial charge in [-0.25, -0.2) is 4.98 Å². The van der Waals surface area contributed by atoms with E-state index in [9.17, 15) is 4.79 Å². The molecule has 0 bridgehead atoms. The smallest absolute Gasteiger partial charge is 0.254 e. The van der Waals surface area contributed by atoms with Gasteiger partial charge in [-0.05, 0) is 62.4 Å². The van der Waals surface area contributed by atoms with E-state index in [2.05, 4.69) is 52.9 Å². The fraction of sp³-hybridized carbons (Fsp3) is 0.500. The van der Waals surface area contributed by atoms with Gasteiger partial charge in [0.1, 0.15) is 5.82 Å². The molecular weight excluding hydrogens is 360 g/mol. The van der Waals surface area contributed by atoms with Gasteiger partial charge in [0.05, 0.1) is 0 Å². The van der Waals surface area contributed by atoms with Gasteiger partial charge < -0.3 is 14.7 Å². The fourth-order valence-corrected chi connectivity index (χ4v) is 4.61. The number of amides is 1. The number of aromatic nitrogens is 1. The Balaban J connectivity index is 1.42. The largest absolute Gasteiger partial charge is 0.368 e. The average molecular weight is 393 g/mol. The van der Waals surface area contributed by atoms with Crippen LogP contribution in [0.5, 0.6) is 0 Å². The number of carbonyl (C=O) groups excluding carboxylic acids is 1. The number of piperidine rings is 1. The maximum absolute atomic E-state index is 13.1. The molecule has 0 aliphatic carbocycles. The van der Waals surface area contributed by atoms with Crippen LogP contribution < -0.4 is 9.80 Å². The molecule has 3 heterocycles. The van der Waals surface area contributed by atoms with Gasteiger partial charge in [0.15, 0.2) is 0 Å². The van der Waals surface area contributed by atoms with Crippen LogP contribution in [-0.2, 0) is 0 Å². The first-order chi connectivity index (χ1) is 14.2. The van der Waals surface area contributed by atoms with Crippen LogP contribution in [-0.4, -0.2) is 54.6 Å². The molecule has 2 aliphatic rings. The number of rotatable bonds is 4. The third-order valence-electron chi connectivity index (χ3n) is 6.32. The van der Waals surface area contributed by atoms with E-state index in [1.54, 1.807) is 6.20 Å². The number of pyridine rings is 1.